The van der Waals surface area contributed by atoms with Crippen LogP contribution in [0.1, 0.15) is 36.0 Å². The van der Waals surface area contributed by atoms with Crippen molar-refractivity contribution in [2.24, 2.45) is 11.8 Å². The topological polar surface area (TPSA) is 80.5 Å². The van der Waals surface area contributed by atoms with Crippen molar-refractivity contribution in [3.05, 3.63) is 35.8 Å². The number of piperazine rings is 1. The van der Waals surface area contributed by atoms with Gasteiger partial charge >= 0.3 is 0 Å². The molecule has 2 saturated heterocycles. The summed E-state index contributed by atoms with van der Waals surface area (Å²) in [5, 5.41) is 9.87. The number of piperidine rings is 1. The molecule has 2 aliphatic heterocycles. The third-order valence-corrected chi connectivity index (χ3v) is 6.83. The molecule has 0 bridgehead atoms. The lowest BCUT2D eigenvalue weighted by Gasteiger charge is -2.37. The Balaban J connectivity index is 1.43. The van der Waals surface area contributed by atoms with Crippen LogP contribution < -0.4 is 4.90 Å². The number of pyridine rings is 1. The van der Waals surface area contributed by atoms with E-state index in [2.05, 4.69) is 16.0 Å². The highest BCUT2D eigenvalue weighted by Crippen LogP contribution is 2.35. The summed E-state index contributed by atoms with van der Waals surface area (Å²) >= 11 is 0. The van der Waals surface area contributed by atoms with E-state index in [0.29, 0.717) is 74.3 Å². The van der Waals surface area contributed by atoms with Gasteiger partial charge in [-0.1, -0.05) is 0 Å². The molecule has 8 heteroatoms. The van der Waals surface area contributed by atoms with Crippen LogP contribution in [0.15, 0.2) is 24.4 Å². The van der Waals surface area contributed by atoms with E-state index in [1.54, 1.807) is 17.2 Å². The van der Waals surface area contributed by atoms with Crippen LogP contribution in [0.4, 0.5) is 10.1 Å². The SMILES string of the molecule is N#CC1CCN(c2c(C(=O)N3CCN(C(=O)C4CC4)CC3)cnc3ccc(F)cc23)CC1. The summed E-state index contributed by atoms with van der Waals surface area (Å²) in [6.45, 7) is 3.32. The van der Waals surface area contributed by atoms with Crippen molar-refractivity contribution in [2.75, 3.05) is 44.2 Å². The first kappa shape index (κ1) is 20.7. The van der Waals surface area contributed by atoms with E-state index in [9.17, 15) is 19.2 Å². The quantitative estimate of drug-likeness (QED) is 0.741. The molecule has 0 radical (unpaired) electrons. The van der Waals surface area contributed by atoms with Gasteiger partial charge in [0.1, 0.15) is 5.82 Å². The van der Waals surface area contributed by atoms with Gasteiger partial charge in [0.05, 0.1) is 22.8 Å². The van der Waals surface area contributed by atoms with Crippen molar-refractivity contribution >= 4 is 28.4 Å². The fourth-order valence-electron chi connectivity index (χ4n) is 4.77. The lowest BCUT2D eigenvalue weighted by molar-refractivity contribution is -0.134. The van der Waals surface area contributed by atoms with Crippen LogP contribution in [0.5, 0.6) is 0 Å². The summed E-state index contributed by atoms with van der Waals surface area (Å²) in [6, 6.07) is 6.78. The molecule has 1 saturated carbocycles. The minimum atomic E-state index is -0.371. The highest BCUT2D eigenvalue weighted by molar-refractivity contribution is 6.07. The van der Waals surface area contributed by atoms with Crippen LogP contribution >= 0.6 is 0 Å². The Morgan fingerprint density at radius 3 is 2.34 bits per heavy atom. The van der Waals surface area contributed by atoms with E-state index in [4.69, 9.17) is 0 Å². The van der Waals surface area contributed by atoms with E-state index in [0.717, 1.165) is 12.8 Å². The minimum absolute atomic E-state index is 0.00678. The van der Waals surface area contributed by atoms with Gasteiger partial charge in [-0.15, -0.1) is 0 Å². The van der Waals surface area contributed by atoms with E-state index < -0.39 is 0 Å². The van der Waals surface area contributed by atoms with E-state index in [1.807, 2.05) is 4.90 Å². The number of anilines is 1. The van der Waals surface area contributed by atoms with Crippen molar-refractivity contribution in [2.45, 2.75) is 25.7 Å². The van der Waals surface area contributed by atoms with E-state index in [-0.39, 0.29) is 29.5 Å². The van der Waals surface area contributed by atoms with Gasteiger partial charge in [0.25, 0.3) is 5.91 Å². The van der Waals surface area contributed by atoms with Gasteiger partial charge in [-0.3, -0.25) is 14.6 Å². The van der Waals surface area contributed by atoms with E-state index in [1.165, 1.54) is 12.1 Å². The van der Waals surface area contributed by atoms with Crippen LogP contribution in [0.3, 0.4) is 0 Å². The highest BCUT2D eigenvalue weighted by Gasteiger charge is 2.36. The lowest BCUT2D eigenvalue weighted by Crippen LogP contribution is -2.51. The first-order valence-corrected chi connectivity index (χ1v) is 11.4. The standard InChI is InChI=1S/C24H26FN5O2/c25-18-3-4-21-19(13-18)22(28-7-5-16(14-26)6-8-28)20(15-27-21)24(32)30-11-9-29(10-12-30)23(31)17-1-2-17/h3-4,13,15-17H,1-2,5-12H2. The Labute approximate surface area is 186 Å². The number of benzene rings is 1. The van der Waals surface area contributed by atoms with Crippen LogP contribution in [-0.4, -0.2) is 65.9 Å². The number of hydrogen-bond donors (Lipinski definition) is 0. The van der Waals surface area contributed by atoms with Crippen molar-refractivity contribution in [1.29, 1.82) is 5.26 Å². The Hall–Kier alpha value is -3.21. The predicted octanol–water partition coefficient (Wildman–Crippen LogP) is 2.81. The summed E-state index contributed by atoms with van der Waals surface area (Å²) in [7, 11) is 0. The molecule has 0 spiro atoms. The maximum atomic E-state index is 14.2. The summed E-state index contributed by atoms with van der Waals surface area (Å²) in [6.07, 6.45) is 4.97. The third-order valence-electron chi connectivity index (χ3n) is 6.83. The molecule has 2 amide bonds. The molecule has 1 aromatic carbocycles. The number of amides is 2. The molecule has 2 aromatic rings. The first-order chi connectivity index (χ1) is 15.5. The zero-order valence-electron chi connectivity index (χ0n) is 18.0. The Morgan fingerprint density at radius 2 is 1.69 bits per heavy atom. The van der Waals surface area contributed by atoms with Gasteiger partial charge in [0, 0.05) is 62.7 Å². The number of nitriles is 1. The van der Waals surface area contributed by atoms with Crippen LogP contribution in [0.25, 0.3) is 10.9 Å². The second-order valence-corrected chi connectivity index (χ2v) is 8.96. The van der Waals surface area contributed by atoms with Gasteiger partial charge in [-0.25, -0.2) is 4.39 Å². The largest absolute Gasteiger partial charge is 0.370 e. The molecule has 1 aromatic heterocycles. The van der Waals surface area contributed by atoms with Crippen molar-refractivity contribution in [3.63, 3.8) is 0 Å². The second kappa shape index (κ2) is 8.38. The molecule has 1 aliphatic carbocycles. The fraction of sp³-hybridized carbons (Fsp3) is 0.500. The Kier molecular flexibility index (Phi) is 5.41. The summed E-state index contributed by atoms with van der Waals surface area (Å²) in [4.78, 5) is 36.1. The van der Waals surface area contributed by atoms with Gasteiger partial charge in [0.15, 0.2) is 0 Å². The van der Waals surface area contributed by atoms with E-state index >= 15 is 0 Å². The summed E-state index contributed by atoms with van der Waals surface area (Å²) in [5.41, 5.74) is 1.80. The number of carbonyl (C=O) groups is 2. The minimum Gasteiger partial charge on any atom is -0.370 e. The molecule has 0 N–H and O–H groups in total. The molecule has 0 atom stereocenters. The Bertz CT molecular complexity index is 1090. The molecular formula is C24H26FN5O2. The number of aromatic nitrogens is 1. The average Bonchev–Trinajstić information content (AvgIpc) is 3.68. The fourth-order valence-corrected chi connectivity index (χ4v) is 4.77. The lowest BCUT2D eigenvalue weighted by atomic mass is 9.96. The molecule has 0 unspecified atom stereocenters. The number of carbonyl (C=O) groups excluding carboxylic acids is 2. The third kappa shape index (κ3) is 3.88. The number of halogens is 1. The molecular weight excluding hydrogens is 409 g/mol. The summed E-state index contributed by atoms with van der Waals surface area (Å²) in [5.74, 6) is -0.114. The second-order valence-electron chi connectivity index (χ2n) is 8.96. The number of fused-ring (bicyclic) bond motifs is 1. The molecule has 166 valence electrons. The first-order valence-electron chi connectivity index (χ1n) is 11.4. The predicted molar refractivity (Wildman–Crippen MR) is 117 cm³/mol. The van der Waals surface area contributed by atoms with Crippen LogP contribution in [0.2, 0.25) is 0 Å². The van der Waals surface area contributed by atoms with Gasteiger partial charge < -0.3 is 14.7 Å². The zero-order valence-corrected chi connectivity index (χ0v) is 18.0. The van der Waals surface area contributed by atoms with Gasteiger partial charge in [-0.2, -0.15) is 5.26 Å². The monoisotopic (exact) mass is 435 g/mol. The number of hydrogen-bond acceptors (Lipinski definition) is 5. The number of nitrogens with zero attached hydrogens (tertiary/aromatic N) is 5. The highest BCUT2D eigenvalue weighted by atomic mass is 19.1. The zero-order chi connectivity index (χ0) is 22.2. The normalized spacial score (nSPS) is 19.8. The maximum Gasteiger partial charge on any atom is 0.257 e. The molecule has 3 fully saturated rings. The smallest absolute Gasteiger partial charge is 0.257 e. The van der Waals surface area contributed by atoms with Gasteiger partial charge in [0.2, 0.25) is 5.91 Å². The Morgan fingerprint density at radius 1 is 1.00 bits per heavy atom. The molecule has 32 heavy (non-hydrogen) atoms. The van der Waals surface area contributed by atoms with Crippen molar-refractivity contribution in [3.8, 4) is 6.07 Å². The molecule has 7 nitrogen and oxygen atoms in total. The molecule has 3 heterocycles. The van der Waals surface area contributed by atoms with Crippen molar-refractivity contribution in [1.82, 2.24) is 14.8 Å². The molecule has 3 aliphatic rings. The average molecular weight is 436 g/mol. The maximum absolute atomic E-state index is 14.2. The van der Waals surface area contributed by atoms with Crippen LogP contribution in [-0.2, 0) is 4.79 Å². The van der Waals surface area contributed by atoms with Crippen LogP contribution in [0, 0.1) is 29.0 Å². The summed E-state index contributed by atoms with van der Waals surface area (Å²) < 4.78 is 14.2. The van der Waals surface area contributed by atoms with Crippen molar-refractivity contribution < 1.29 is 14.0 Å². The number of rotatable bonds is 3. The molecule has 5 rings (SSSR count). The van der Waals surface area contributed by atoms with Gasteiger partial charge in [-0.05, 0) is 43.9 Å².